The molecule has 1 aromatic carbocycles. The second-order valence-electron chi connectivity index (χ2n) is 6.65. The summed E-state index contributed by atoms with van der Waals surface area (Å²) in [5.41, 5.74) is 3.65. The summed E-state index contributed by atoms with van der Waals surface area (Å²) in [6.45, 7) is 4.77. The molecule has 27 heavy (non-hydrogen) atoms. The maximum Gasteiger partial charge on any atom is 0.291 e. The normalized spacial score (nSPS) is 16.3. The van der Waals surface area contributed by atoms with E-state index in [9.17, 15) is 4.79 Å². The summed E-state index contributed by atoms with van der Waals surface area (Å²) in [5, 5.41) is 0. The highest BCUT2D eigenvalue weighted by molar-refractivity contribution is 5.92. The number of benzene rings is 1. The van der Waals surface area contributed by atoms with Crippen molar-refractivity contribution in [2.45, 2.75) is 32.7 Å². The van der Waals surface area contributed by atoms with Crippen LogP contribution in [0.15, 0.2) is 35.0 Å². The standard InChI is InChI=1S/C20H22N4O3/c1-4-17-23-12(2)19(27-17)20(25)24-9-15(18-16(10-24)21-11-22-18)13-5-7-14(26-3)8-6-13/h5-8,11,15H,4,9-10H2,1-3H3,(H,21,22). The molecule has 0 radical (unpaired) electrons. The van der Waals surface area contributed by atoms with Gasteiger partial charge in [-0.05, 0) is 24.6 Å². The Kier molecular flexibility index (Phi) is 4.43. The van der Waals surface area contributed by atoms with Gasteiger partial charge in [0.1, 0.15) is 5.75 Å². The SMILES string of the molecule is CCc1nc(C)c(C(=O)N2Cc3[nH]cnc3C(c3ccc(OC)cc3)C2)o1. The third-order valence-corrected chi connectivity index (χ3v) is 4.98. The quantitative estimate of drug-likeness (QED) is 0.767. The number of oxazole rings is 1. The van der Waals surface area contributed by atoms with Crippen molar-refractivity contribution in [3.63, 3.8) is 0 Å². The fraction of sp³-hybridized carbons (Fsp3) is 0.350. The van der Waals surface area contributed by atoms with Gasteiger partial charge in [0.2, 0.25) is 5.76 Å². The monoisotopic (exact) mass is 366 g/mol. The molecule has 1 atom stereocenters. The minimum Gasteiger partial charge on any atom is -0.497 e. The summed E-state index contributed by atoms with van der Waals surface area (Å²) in [6, 6.07) is 7.89. The summed E-state index contributed by atoms with van der Waals surface area (Å²) in [5.74, 6) is 1.56. The van der Waals surface area contributed by atoms with Crippen LogP contribution in [0.25, 0.3) is 0 Å². The van der Waals surface area contributed by atoms with E-state index in [2.05, 4.69) is 15.0 Å². The summed E-state index contributed by atoms with van der Waals surface area (Å²) in [4.78, 5) is 26.9. The predicted molar refractivity (Wildman–Crippen MR) is 98.8 cm³/mol. The summed E-state index contributed by atoms with van der Waals surface area (Å²) >= 11 is 0. The lowest BCUT2D eigenvalue weighted by Crippen LogP contribution is -2.38. The van der Waals surface area contributed by atoms with Crippen LogP contribution in [0.3, 0.4) is 0 Å². The highest BCUT2D eigenvalue weighted by atomic mass is 16.5. The number of carbonyl (C=O) groups is 1. The molecule has 0 bridgehead atoms. The van der Waals surface area contributed by atoms with Gasteiger partial charge in [0.05, 0.1) is 37.1 Å². The number of methoxy groups -OCH3 is 1. The molecule has 1 aliphatic heterocycles. The van der Waals surface area contributed by atoms with Crippen molar-refractivity contribution in [3.05, 3.63) is 64.9 Å². The molecule has 0 spiro atoms. The first kappa shape index (κ1) is 17.3. The van der Waals surface area contributed by atoms with Crippen LogP contribution in [0.4, 0.5) is 0 Å². The first-order chi connectivity index (χ1) is 13.1. The Morgan fingerprint density at radius 3 is 2.81 bits per heavy atom. The van der Waals surface area contributed by atoms with Crippen molar-refractivity contribution in [1.29, 1.82) is 0 Å². The zero-order chi connectivity index (χ0) is 19.0. The molecule has 0 saturated carbocycles. The number of aromatic amines is 1. The zero-order valence-corrected chi connectivity index (χ0v) is 15.7. The average Bonchev–Trinajstić information content (AvgIpc) is 3.32. The smallest absolute Gasteiger partial charge is 0.291 e. The second kappa shape index (κ2) is 6.90. The molecule has 7 heteroatoms. The van der Waals surface area contributed by atoms with Gasteiger partial charge < -0.3 is 19.0 Å². The number of hydrogen-bond donors (Lipinski definition) is 1. The summed E-state index contributed by atoms with van der Waals surface area (Å²) in [7, 11) is 1.64. The average molecular weight is 366 g/mol. The molecule has 140 valence electrons. The molecule has 3 aromatic rings. The molecule has 7 nitrogen and oxygen atoms in total. The number of imidazole rings is 1. The van der Waals surface area contributed by atoms with Crippen molar-refractivity contribution in [3.8, 4) is 5.75 Å². The van der Waals surface area contributed by atoms with Crippen LogP contribution < -0.4 is 4.74 Å². The fourth-order valence-electron chi connectivity index (χ4n) is 3.52. The van der Waals surface area contributed by atoms with E-state index in [4.69, 9.17) is 9.15 Å². The summed E-state index contributed by atoms with van der Waals surface area (Å²) in [6.07, 6.45) is 2.34. The second-order valence-corrected chi connectivity index (χ2v) is 6.65. The van der Waals surface area contributed by atoms with E-state index >= 15 is 0 Å². The van der Waals surface area contributed by atoms with E-state index < -0.39 is 0 Å². The van der Waals surface area contributed by atoms with Crippen molar-refractivity contribution in [2.75, 3.05) is 13.7 Å². The van der Waals surface area contributed by atoms with Gasteiger partial charge >= 0.3 is 0 Å². The van der Waals surface area contributed by atoms with Crippen molar-refractivity contribution < 1.29 is 13.9 Å². The Labute approximate surface area is 157 Å². The molecule has 0 aliphatic carbocycles. The lowest BCUT2D eigenvalue weighted by atomic mass is 9.90. The molecule has 1 amide bonds. The van der Waals surface area contributed by atoms with E-state index in [1.165, 1.54) is 0 Å². The van der Waals surface area contributed by atoms with Gasteiger partial charge in [-0.25, -0.2) is 9.97 Å². The van der Waals surface area contributed by atoms with Crippen molar-refractivity contribution >= 4 is 5.91 Å². The minimum absolute atomic E-state index is 0.0104. The molecular weight excluding hydrogens is 344 g/mol. The third-order valence-electron chi connectivity index (χ3n) is 4.98. The molecule has 0 saturated heterocycles. The van der Waals surface area contributed by atoms with E-state index in [-0.39, 0.29) is 11.8 Å². The Morgan fingerprint density at radius 1 is 1.37 bits per heavy atom. The Bertz CT molecular complexity index is 958. The van der Waals surface area contributed by atoms with Crippen LogP contribution in [0.2, 0.25) is 0 Å². The van der Waals surface area contributed by atoms with Crippen LogP contribution in [-0.2, 0) is 13.0 Å². The number of ether oxygens (including phenoxy) is 1. The molecule has 2 aromatic heterocycles. The van der Waals surface area contributed by atoms with Gasteiger partial charge in [0.25, 0.3) is 5.91 Å². The number of carbonyl (C=O) groups excluding carboxylic acids is 1. The van der Waals surface area contributed by atoms with Crippen LogP contribution in [0, 0.1) is 6.92 Å². The number of rotatable bonds is 4. The molecule has 3 heterocycles. The van der Waals surface area contributed by atoms with E-state index in [0.29, 0.717) is 36.9 Å². The molecular formula is C20H22N4O3. The fourth-order valence-corrected chi connectivity index (χ4v) is 3.52. The number of H-pyrrole nitrogens is 1. The van der Waals surface area contributed by atoms with Crippen LogP contribution >= 0.6 is 0 Å². The number of fused-ring (bicyclic) bond motifs is 1. The number of nitrogens with one attached hydrogen (secondary N) is 1. The first-order valence-electron chi connectivity index (χ1n) is 9.02. The van der Waals surface area contributed by atoms with Gasteiger partial charge in [-0.1, -0.05) is 19.1 Å². The minimum atomic E-state index is -0.140. The van der Waals surface area contributed by atoms with Crippen LogP contribution in [0.1, 0.15) is 51.9 Å². The maximum atomic E-state index is 13.1. The van der Waals surface area contributed by atoms with Gasteiger partial charge in [-0.15, -0.1) is 0 Å². The largest absolute Gasteiger partial charge is 0.497 e. The van der Waals surface area contributed by atoms with Crippen molar-refractivity contribution in [2.24, 2.45) is 0 Å². The van der Waals surface area contributed by atoms with E-state index in [0.717, 1.165) is 22.7 Å². The third kappa shape index (κ3) is 3.09. The Morgan fingerprint density at radius 2 is 2.15 bits per heavy atom. The predicted octanol–water partition coefficient (Wildman–Crippen LogP) is 3.07. The van der Waals surface area contributed by atoms with E-state index in [1.54, 1.807) is 18.3 Å². The lowest BCUT2D eigenvalue weighted by molar-refractivity contribution is 0.0686. The number of aryl methyl sites for hydroxylation is 2. The van der Waals surface area contributed by atoms with Gasteiger partial charge in [0.15, 0.2) is 5.89 Å². The summed E-state index contributed by atoms with van der Waals surface area (Å²) < 4.78 is 10.9. The van der Waals surface area contributed by atoms with E-state index in [1.807, 2.05) is 38.1 Å². The number of hydrogen-bond acceptors (Lipinski definition) is 5. The van der Waals surface area contributed by atoms with Gasteiger partial charge in [-0.3, -0.25) is 4.79 Å². The highest BCUT2D eigenvalue weighted by Crippen LogP contribution is 2.33. The Balaban J connectivity index is 1.66. The molecule has 1 unspecified atom stereocenters. The molecule has 1 aliphatic rings. The van der Waals surface area contributed by atoms with Gasteiger partial charge in [0, 0.05) is 18.9 Å². The van der Waals surface area contributed by atoms with Crippen molar-refractivity contribution in [1.82, 2.24) is 19.9 Å². The molecule has 4 rings (SSSR count). The first-order valence-corrected chi connectivity index (χ1v) is 9.02. The number of nitrogens with zero attached hydrogens (tertiary/aromatic N) is 3. The molecule has 1 N–H and O–H groups in total. The van der Waals surface area contributed by atoms with Gasteiger partial charge in [-0.2, -0.15) is 0 Å². The number of aromatic nitrogens is 3. The lowest BCUT2D eigenvalue weighted by Gasteiger charge is -2.32. The molecule has 0 fully saturated rings. The van der Waals surface area contributed by atoms with Crippen LogP contribution in [0.5, 0.6) is 5.75 Å². The highest BCUT2D eigenvalue weighted by Gasteiger charge is 2.33. The maximum absolute atomic E-state index is 13.1. The Hall–Kier alpha value is -3.09. The topological polar surface area (TPSA) is 84.2 Å². The number of amides is 1. The van der Waals surface area contributed by atoms with Crippen LogP contribution in [-0.4, -0.2) is 39.4 Å². The zero-order valence-electron chi connectivity index (χ0n) is 15.7.